The van der Waals surface area contributed by atoms with Gasteiger partial charge in [0.15, 0.2) is 11.5 Å². The van der Waals surface area contributed by atoms with Gasteiger partial charge in [-0.1, -0.05) is 5.21 Å². The van der Waals surface area contributed by atoms with Crippen molar-refractivity contribution in [3.63, 3.8) is 0 Å². The summed E-state index contributed by atoms with van der Waals surface area (Å²) in [4.78, 5) is 16.0. The minimum absolute atomic E-state index is 0.0771. The molecule has 3 heterocycles. The Labute approximate surface area is 156 Å². The summed E-state index contributed by atoms with van der Waals surface area (Å²) < 4.78 is 53.8. The first-order valence-electron chi connectivity index (χ1n) is 8.36. The summed E-state index contributed by atoms with van der Waals surface area (Å²) in [6, 6.07) is 5.70. The lowest BCUT2D eigenvalue weighted by Crippen LogP contribution is -2.32. The van der Waals surface area contributed by atoms with Gasteiger partial charge >= 0.3 is 6.18 Å². The van der Waals surface area contributed by atoms with Crippen LogP contribution in [0.2, 0.25) is 0 Å². The molecule has 144 valence electrons. The maximum absolute atomic E-state index is 13.6. The van der Waals surface area contributed by atoms with Crippen molar-refractivity contribution in [2.24, 2.45) is 0 Å². The zero-order valence-corrected chi connectivity index (χ0v) is 14.3. The van der Waals surface area contributed by atoms with Crippen LogP contribution in [0.3, 0.4) is 0 Å². The highest BCUT2D eigenvalue weighted by atomic mass is 19.4. The SMILES string of the molecule is O=C1NCCc2c1nnn2-c1cc(Cc2cc(F)cc(C(F)(F)F)c2)ccn1. The second-order valence-corrected chi connectivity index (χ2v) is 6.35. The van der Waals surface area contributed by atoms with Gasteiger partial charge in [0.1, 0.15) is 5.82 Å². The van der Waals surface area contributed by atoms with Crippen molar-refractivity contribution in [2.45, 2.75) is 19.0 Å². The van der Waals surface area contributed by atoms with Gasteiger partial charge in [-0.2, -0.15) is 17.9 Å². The monoisotopic (exact) mass is 391 g/mol. The van der Waals surface area contributed by atoms with Crippen LogP contribution in [0.5, 0.6) is 0 Å². The fraction of sp³-hybridized carbons (Fsp3) is 0.222. The number of hydrogen-bond acceptors (Lipinski definition) is 4. The van der Waals surface area contributed by atoms with Crippen molar-refractivity contribution < 1.29 is 22.4 Å². The summed E-state index contributed by atoms with van der Waals surface area (Å²) >= 11 is 0. The number of carbonyl (C=O) groups excluding carboxylic acids is 1. The molecule has 0 radical (unpaired) electrons. The lowest BCUT2D eigenvalue weighted by Gasteiger charge is -2.13. The highest BCUT2D eigenvalue weighted by molar-refractivity contribution is 5.94. The van der Waals surface area contributed by atoms with Crippen molar-refractivity contribution in [2.75, 3.05) is 6.54 Å². The van der Waals surface area contributed by atoms with Gasteiger partial charge in [-0.15, -0.1) is 5.10 Å². The predicted molar refractivity (Wildman–Crippen MR) is 89.4 cm³/mol. The molecular weight excluding hydrogens is 378 g/mol. The van der Waals surface area contributed by atoms with E-state index in [1.54, 1.807) is 12.1 Å². The number of nitrogens with zero attached hydrogens (tertiary/aromatic N) is 4. The van der Waals surface area contributed by atoms with Crippen LogP contribution in [0.15, 0.2) is 36.5 Å². The molecule has 2 aromatic heterocycles. The van der Waals surface area contributed by atoms with Gasteiger partial charge in [0.05, 0.1) is 11.3 Å². The van der Waals surface area contributed by atoms with Crippen molar-refractivity contribution in [1.29, 1.82) is 0 Å². The van der Waals surface area contributed by atoms with Gasteiger partial charge in [0, 0.05) is 19.2 Å². The standard InChI is InChI=1S/C18H13F4N5O/c19-13-7-11(6-12(9-13)18(20,21)22)5-10-1-3-23-15(8-10)27-14-2-4-24-17(28)16(14)25-26-27/h1,3,6-9H,2,4-5H2,(H,24,28). The molecule has 1 amide bonds. The minimum atomic E-state index is -4.62. The first-order chi connectivity index (χ1) is 13.3. The maximum Gasteiger partial charge on any atom is 0.416 e. The highest BCUT2D eigenvalue weighted by Crippen LogP contribution is 2.31. The van der Waals surface area contributed by atoms with Gasteiger partial charge < -0.3 is 5.32 Å². The Hall–Kier alpha value is -3.30. The molecule has 0 fully saturated rings. The number of hydrogen-bond donors (Lipinski definition) is 1. The molecule has 0 atom stereocenters. The molecule has 0 spiro atoms. The maximum atomic E-state index is 13.6. The number of rotatable bonds is 3. The summed E-state index contributed by atoms with van der Waals surface area (Å²) in [7, 11) is 0. The molecule has 0 saturated carbocycles. The number of alkyl halides is 3. The van der Waals surface area contributed by atoms with Crippen LogP contribution < -0.4 is 5.32 Å². The fourth-order valence-corrected chi connectivity index (χ4v) is 3.10. The van der Waals surface area contributed by atoms with E-state index in [-0.39, 0.29) is 23.6 Å². The van der Waals surface area contributed by atoms with E-state index in [0.29, 0.717) is 36.1 Å². The Kier molecular flexibility index (Phi) is 4.33. The van der Waals surface area contributed by atoms with Crippen LogP contribution in [0.1, 0.15) is 32.9 Å². The lowest BCUT2D eigenvalue weighted by atomic mass is 10.0. The minimum Gasteiger partial charge on any atom is -0.350 e. The second kappa shape index (κ2) is 6.70. The number of halogens is 4. The largest absolute Gasteiger partial charge is 0.416 e. The third-order valence-corrected chi connectivity index (χ3v) is 4.35. The van der Waals surface area contributed by atoms with Gasteiger partial charge in [-0.05, 0) is 47.9 Å². The summed E-state index contributed by atoms with van der Waals surface area (Å²) in [5.41, 5.74) is 0.600. The number of pyridine rings is 1. The summed E-state index contributed by atoms with van der Waals surface area (Å²) in [5, 5.41) is 10.5. The molecule has 0 unspecified atom stereocenters. The molecule has 1 aliphatic heterocycles. The topological polar surface area (TPSA) is 72.7 Å². The first kappa shape index (κ1) is 18.1. The quantitative estimate of drug-likeness (QED) is 0.697. The molecule has 28 heavy (non-hydrogen) atoms. The molecule has 0 saturated heterocycles. The molecule has 6 nitrogen and oxygen atoms in total. The third-order valence-electron chi connectivity index (χ3n) is 4.35. The van der Waals surface area contributed by atoms with Crippen LogP contribution in [-0.2, 0) is 19.0 Å². The van der Waals surface area contributed by atoms with Crippen LogP contribution >= 0.6 is 0 Å². The summed E-state index contributed by atoms with van der Waals surface area (Å²) in [6.07, 6.45) is -2.54. The van der Waals surface area contributed by atoms with E-state index in [2.05, 4.69) is 20.6 Å². The molecule has 0 bridgehead atoms. The molecule has 1 aliphatic rings. The molecule has 1 N–H and O–H groups in total. The molecule has 3 aromatic rings. The Morgan fingerprint density at radius 3 is 2.75 bits per heavy atom. The normalized spacial score (nSPS) is 13.9. The van der Waals surface area contributed by atoms with E-state index in [1.165, 1.54) is 10.9 Å². The Balaban J connectivity index is 1.66. The van der Waals surface area contributed by atoms with E-state index < -0.39 is 17.6 Å². The third kappa shape index (κ3) is 3.45. The fourth-order valence-electron chi connectivity index (χ4n) is 3.10. The van der Waals surface area contributed by atoms with Crippen LogP contribution in [0.25, 0.3) is 5.82 Å². The average molecular weight is 391 g/mol. The number of carbonyl (C=O) groups is 1. The van der Waals surface area contributed by atoms with Gasteiger partial charge in [0.25, 0.3) is 5.91 Å². The zero-order valence-electron chi connectivity index (χ0n) is 14.3. The van der Waals surface area contributed by atoms with E-state index in [4.69, 9.17) is 0 Å². The van der Waals surface area contributed by atoms with Gasteiger partial charge in [-0.3, -0.25) is 4.79 Å². The number of aromatic nitrogens is 4. The Morgan fingerprint density at radius 2 is 1.96 bits per heavy atom. The van der Waals surface area contributed by atoms with Gasteiger partial charge in [-0.25, -0.2) is 9.37 Å². The Bertz CT molecular complexity index is 1060. The molecular formula is C18H13F4N5O. The Morgan fingerprint density at radius 1 is 1.14 bits per heavy atom. The van der Waals surface area contributed by atoms with E-state index in [9.17, 15) is 22.4 Å². The second-order valence-electron chi connectivity index (χ2n) is 6.35. The number of fused-ring (bicyclic) bond motifs is 1. The average Bonchev–Trinajstić information content (AvgIpc) is 3.06. The van der Waals surface area contributed by atoms with Crippen molar-refractivity contribution >= 4 is 5.91 Å². The molecule has 0 aliphatic carbocycles. The first-order valence-corrected chi connectivity index (χ1v) is 8.36. The number of benzene rings is 1. The molecule has 10 heteroatoms. The zero-order chi connectivity index (χ0) is 19.9. The van der Waals surface area contributed by atoms with Crippen molar-refractivity contribution in [3.8, 4) is 5.82 Å². The molecule has 1 aromatic carbocycles. The number of amides is 1. The smallest absolute Gasteiger partial charge is 0.350 e. The van der Waals surface area contributed by atoms with Crippen LogP contribution in [-0.4, -0.2) is 32.4 Å². The lowest BCUT2D eigenvalue weighted by molar-refractivity contribution is -0.137. The van der Waals surface area contributed by atoms with Crippen LogP contribution in [0, 0.1) is 5.82 Å². The molecule has 4 rings (SSSR count). The van der Waals surface area contributed by atoms with Crippen molar-refractivity contribution in [1.82, 2.24) is 25.3 Å². The summed E-state index contributed by atoms with van der Waals surface area (Å²) in [5.74, 6) is -0.882. The van der Waals surface area contributed by atoms with E-state index in [0.717, 1.165) is 12.1 Å². The number of nitrogens with one attached hydrogen (secondary N) is 1. The van der Waals surface area contributed by atoms with Crippen molar-refractivity contribution in [3.05, 3.63) is 70.4 Å². The van der Waals surface area contributed by atoms with Crippen LogP contribution in [0.4, 0.5) is 17.6 Å². The van der Waals surface area contributed by atoms with E-state index in [1.807, 2.05) is 0 Å². The van der Waals surface area contributed by atoms with Gasteiger partial charge in [0.2, 0.25) is 0 Å². The van der Waals surface area contributed by atoms with E-state index >= 15 is 0 Å². The summed E-state index contributed by atoms with van der Waals surface area (Å²) in [6.45, 7) is 0.447. The highest BCUT2D eigenvalue weighted by Gasteiger charge is 2.31. The predicted octanol–water partition coefficient (Wildman–Crippen LogP) is 2.70.